The van der Waals surface area contributed by atoms with Crippen molar-refractivity contribution < 1.29 is 29.1 Å². The van der Waals surface area contributed by atoms with Crippen molar-refractivity contribution in [3.05, 3.63) is 124 Å². The van der Waals surface area contributed by atoms with Crippen molar-refractivity contribution in [1.82, 2.24) is 0 Å². The predicted octanol–water partition coefficient (Wildman–Crippen LogP) is 5.53. The zero-order chi connectivity index (χ0) is 28.4. The van der Waals surface area contributed by atoms with Gasteiger partial charge in [0.05, 0.1) is 27.6 Å². The quantitative estimate of drug-likeness (QED) is 0.227. The lowest BCUT2D eigenvalue weighted by atomic mass is 9.83. The summed E-state index contributed by atoms with van der Waals surface area (Å²) in [6, 6.07) is 24.2. The highest BCUT2D eigenvalue weighted by Gasteiger charge is 2.32. The number of carboxylic acid groups (broad SMARTS) is 1. The second-order valence-corrected chi connectivity index (χ2v) is 10.4. The number of hydrogen-bond donors (Lipinski definition) is 3. The average Bonchev–Trinajstić information content (AvgIpc) is 2.96. The Morgan fingerprint density at radius 3 is 1.98 bits per heavy atom. The monoisotopic (exact) mass is 550 g/mol. The number of amides is 2. The molecule has 0 bridgehead atoms. The Hall–Kier alpha value is -5.02. The molecule has 1 aliphatic carbocycles. The Morgan fingerprint density at radius 2 is 1.30 bits per heavy atom. The molecule has 1 unspecified atom stereocenters. The van der Waals surface area contributed by atoms with E-state index in [-0.39, 0.29) is 45.4 Å². The fraction of sp³-hybridized carbons (Fsp3) is 0.0645. The number of fused-ring (bicyclic) bond motifs is 2. The van der Waals surface area contributed by atoms with E-state index in [1.54, 1.807) is 85.8 Å². The van der Waals surface area contributed by atoms with Crippen LogP contribution in [-0.2, 0) is 4.79 Å². The molecule has 0 aliphatic heterocycles. The average molecular weight is 551 g/mol. The molecule has 0 saturated carbocycles. The number of rotatable bonds is 7. The summed E-state index contributed by atoms with van der Waals surface area (Å²) in [6.07, 6.45) is 0. The van der Waals surface area contributed by atoms with Gasteiger partial charge in [-0.2, -0.15) is 0 Å². The molecular weight excluding hydrogens is 528 g/mol. The highest BCUT2D eigenvalue weighted by Crippen LogP contribution is 2.33. The fourth-order valence-electron chi connectivity index (χ4n) is 4.42. The molecular formula is C31H22N2O6S. The molecule has 3 N–H and O–H groups in total. The van der Waals surface area contributed by atoms with Crippen LogP contribution in [-0.4, -0.2) is 39.7 Å². The van der Waals surface area contributed by atoms with E-state index in [1.165, 1.54) is 23.9 Å². The molecule has 2 amide bonds. The van der Waals surface area contributed by atoms with Crippen molar-refractivity contribution in [1.29, 1.82) is 0 Å². The van der Waals surface area contributed by atoms with Crippen LogP contribution in [0.25, 0.3) is 0 Å². The molecule has 4 aromatic rings. The van der Waals surface area contributed by atoms with E-state index in [2.05, 4.69) is 10.6 Å². The van der Waals surface area contributed by atoms with E-state index in [9.17, 15) is 29.1 Å². The van der Waals surface area contributed by atoms with Crippen LogP contribution in [0.3, 0.4) is 0 Å². The highest BCUT2D eigenvalue weighted by atomic mass is 32.2. The molecule has 5 rings (SSSR count). The number of carbonyl (C=O) groups is 5. The molecule has 1 atom stereocenters. The molecule has 0 heterocycles. The van der Waals surface area contributed by atoms with Crippen LogP contribution >= 0.6 is 11.8 Å². The summed E-state index contributed by atoms with van der Waals surface area (Å²) < 4.78 is 0. The van der Waals surface area contributed by atoms with Crippen molar-refractivity contribution in [2.75, 3.05) is 10.6 Å². The van der Waals surface area contributed by atoms with E-state index in [0.717, 1.165) is 4.90 Å². The van der Waals surface area contributed by atoms with Gasteiger partial charge in [-0.25, -0.2) is 4.79 Å². The number of carbonyl (C=O) groups excluding carboxylic acids is 4. The molecule has 1 aliphatic rings. The van der Waals surface area contributed by atoms with Crippen LogP contribution < -0.4 is 10.6 Å². The van der Waals surface area contributed by atoms with Crippen LogP contribution in [0.2, 0.25) is 0 Å². The van der Waals surface area contributed by atoms with Gasteiger partial charge in [0, 0.05) is 27.3 Å². The first kappa shape index (κ1) is 26.6. The van der Waals surface area contributed by atoms with Crippen LogP contribution in [0.1, 0.15) is 59.5 Å². The van der Waals surface area contributed by atoms with E-state index in [0.29, 0.717) is 16.8 Å². The summed E-state index contributed by atoms with van der Waals surface area (Å²) >= 11 is 1.27. The van der Waals surface area contributed by atoms with E-state index < -0.39 is 17.1 Å². The van der Waals surface area contributed by atoms with Gasteiger partial charge >= 0.3 is 5.97 Å². The number of thioether (sulfide) groups is 1. The minimum Gasteiger partial charge on any atom is -0.478 e. The summed E-state index contributed by atoms with van der Waals surface area (Å²) in [5.41, 5.74) is 1.79. The molecule has 0 fully saturated rings. The lowest BCUT2D eigenvalue weighted by Crippen LogP contribution is -2.27. The molecule has 4 aromatic carbocycles. The Labute approximate surface area is 233 Å². The summed E-state index contributed by atoms with van der Waals surface area (Å²) in [5, 5.41) is 14.2. The Morgan fingerprint density at radius 1 is 0.700 bits per heavy atom. The molecule has 9 heteroatoms. The van der Waals surface area contributed by atoms with Crippen LogP contribution in [0.5, 0.6) is 0 Å². The van der Waals surface area contributed by atoms with Gasteiger partial charge in [-0.3, -0.25) is 19.2 Å². The van der Waals surface area contributed by atoms with E-state index >= 15 is 0 Å². The summed E-state index contributed by atoms with van der Waals surface area (Å²) in [5.74, 6) is -2.66. The fourth-order valence-corrected chi connectivity index (χ4v) is 5.29. The number of nitrogens with one attached hydrogen (secondary N) is 2. The van der Waals surface area contributed by atoms with Crippen LogP contribution in [0.15, 0.2) is 95.9 Å². The zero-order valence-electron chi connectivity index (χ0n) is 21.1. The van der Waals surface area contributed by atoms with Crippen molar-refractivity contribution in [3.8, 4) is 0 Å². The second kappa shape index (κ2) is 11.0. The molecule has 8 nitrogen and oxygen atoms in total. The first-order valence-corrected chi connectivity index (χ1v) is 13.1. The summed E-state index contributed by atoms with van der Waals surface area (Å²) in [4.78, 5) is 64.0. The van der Waals surface area contributed by atoms with E-state index in [1.807, 2.05) is 0 Å². The van der Waals surface area contributed by atoms with Gasteiger partial charge < -0.3 is 15.7 Å². The van der Waals surface area contributed by atoms with E-state index in [4.69, 9.17) is 0 Å². The highest BCUT2D eigenvalue weighted by molar-refractivity contribution is 8.00. The van der Waals surface area contributed by atoms with Gasteiger partial charge in [0.2, 0.25) is 5.91 Å². The smallest absolute Gasteiger partial charge is 0.336 e. The maximum absolute atomic E-state index is 13.2. The Balaban J connectivity index is 1.26. The Bertz CT molecular complexity index is 1700. The van der Waals surface area contributed by atoms with Crippen LogP contribution in [0.4, 0.5) is 11.4 Å². The third-order valence-electron chi connectivity index (χ3n) is 6.41. The topological polar surface area (TPSA) is 130 Å². The van der Waals surface area contributed by atoms with Gasteiger partial charge in [-0.05, 0) is 49.4 Å². The number of aromatic carboxylic acids is 1. The molecule has 198 valence electrons. The van der Waals surface area contributed by atoms with Gasteiger partial charge in [0.15, 0.2) is 11.6 Å². The largest absolute Gasteiger partial charge is 0.478 e. The maximum Gasteiger partial charge on any atom is 0.336 e. The van der Waals surface area contributed by atoms with Crippen molar-refractivity contribution in [2.24, 2.45) is 0 Å². The molecule has 40 heavy (non-hydrogen) atoms. The molecule has 0 aromatic heterocycles. The van der Waals surface area contributed by atoms with Crippen molar-refractivity contribution >= 4 is 52.5 Å². The molecule has 0 radical (unpaired) electrons. The molecule has 0 spiro atoms. The number of benzene rings is 4. The lowest BCUT2D eigenvalue weighted by molar-refractivity contribution is -0.115. The van der Waals surface area contributed by atoms with Crippen molar-refractivity contribution in [3.63, 3.8) is 0 Å². The van der Waals surface area contributed by atoms with Crippen molar-refractivity contribution in [2.45, 2.75) is 17.1 Å². The van der Waals surface area contributed by atoms with Gasteiger partial charge in [-0.15, -0.1) is 11.8 Å². The van der Waals surface area contributed by atoms with Gasteiger partial charge in [0.1, 0.15) is 0 Å². The first-order valence-electron chi connectivity index (χ1n) is 12.3. The molecule has 0 saturated heterocycles. The third-order valence-corrected chi connectivity index (χ3v) is 7.52. The first-order chi connectivity index (χ1) is 19.2. The Kier molecular flexibility index (Phi) is 7.31. The van der Waals surface area contributed by atoms with Gasteiger partial charge in [0.25, 0.3) is 5.91 Å². The minimum absolute atomic E-state index is 0.0468. The SMILES string of the molecule is CC(Sc1ccc(NC(=O)c2ccccc2C(=O)O)cc1)C(=O)Nc1cccc2c1C(=O)c1ccccc1C2=O. The minimum atomic E-state index is -1.19. The lowest BCUT2D eigenvalue weighted by Gasteiger charge is -2.21. The third kappa shape index (κ3) is 5.14. The van der Waals surface area contributed by atoms with Gasteiger partial charge in [-0.1, -0.05) is 48.5 Å². The maximum atomic E-state index is 13.2. The summed E-state index contributed by atoms with van der Waals surface area (Å²) in [7, 11) is 0. The standard InChI is InChI=1S/C31H22N2O6S/c1-17(40-19-15-13-18(14-16-19)32-30(37)22-9-4-5-10-23(22)31(38)39)29(36)33-25-12-6-11-24-26(25)28(35)21-8-3-2-7-20(21)27(24)34/h2-17H,1H3,(H,32,37)(H,33,36)(H,38,39). The number of carboxylic acids is 1. The zero-order valence-corrected chi connectivity index (χ0v) is 22.0. The normalized spacial score (nSPS) is 12.6. The number of hydrogen-bond acceptors (Lipinski definition) is 6. The van der Waals surface area contributed by atoms with Crippen LogP contribution in [0, 0.1) is 0 Å². The predicted molar refractivity (Wildman–Crippen MR) is 151 cm³/mol. The number of ketones is 2. The summed E-state index contributed by atoms with van der Waals surface area (Å²) in [6.45, 7) is 1.72. The number of anilines is 2. The second-order valence-electron chi connectivity index (χ2n) is 9.01.